The van der Waals surface area contributed by atoms with Crippen LogP contribution in [0.15, 0.2) is 30.9 Å². The molecule has 5 heterocycles. The number of hydrogen-bond acceptors (Lipinski definition) is 8. The van der Waals surface area contributed by atoms with Crippen LogP contribution in [0.25, 0.3) is 5.52 Å². The van der Waals surface area contributed by atoms with E-state index in [1.807, 2.05) is 34.0 Å². The number of piperidine rings is 1. The summed E-state index contributed by atoms with van der Waals surface area (Å²) in [5.41, 5.74) is 0.800. The highest BCUT2D eigenvalue weighted by molar-refractivity contribution is 5.86. The summed E-state index contributed by atoms with van der Waals surface area (Å²) >= 11 is 0. The normalized spacial score (nSPS) is 23.7. The van der Waals surface area contributed by atoms with E-state index in [4.69, 9.17) is 4.98 Å². The van der Waals surface area contributed by atoms with Gasteiger partial charge in [0, 0.05) is 44.0 Å². The minimum atomic E-state index is -0.619. The molecule has 2 aliphatic heterocycles. The van der Waals surface area contributed by atoms with Gasteiger partial charge in [-0.05, 0) is 52.4 Å². The molecule has 0 saturated carbocycles. The van der Waals surface area contributed by atoms with Crippen LogP contribution in [-0.4, -0.2) is 84.9 Å². The number of aromatic nitrogens is 5. The van der Waals surface area contributed by atoms with Crippen molar-refractivity contribution in [3.05, 3.63) is 30.9 Å². The first-order valence-electron chi connectivity index (χ1n) is 12.0. The summed E-state index contributed by atoms with van der Waals surface area (Å²) < 4.78 is 3.75. The number of nitrogens with one attached hydrogen (secondary N) is 2. The number of aliphatic hydroxyl groups excluding tert-OH is 1. The molecule has 34 heavy (non-hydrogen) atoms. The van der Waals surface area contributed by atoms with Crippen LogP contribution in [0, 0.1) is 0 Å². The number of likely N-dealkylation sites (N-methyl/N-ethyl adjacent to an activating group) is 1. The van der Waals surface area contributed by atoms with E-state index in [0.29, 0.717) is 36.6 Å². The third-order valence-electron chi connectivity index (χ3n) is 6.63. The van der Waals surface area contributed by atoms with Crippen molar-refractivity contribution in [3.63, 3.8) is 0 Å². The van der Waals surface area contributed by atoms with Crippen molar-refractivity contribution in [3.8, 4) is 0 Å². The third-order valence-corrected chi connectivity index (χ3v) is 6.63. The van der Waals surface area contributed by atoms with Crippen LogP contribution < -0.4 is 15.5 Å². The van der Waals surface area contributed by atoms with Gasteiger partial charge in [0.2, 0.25) is 11.9 Å². The van der Waals surface area contributed by atoms with Crippen molar-refractivity contribution >= 4 is 29.0 Å². The van der Waals surface area contributed by atoms with Gasteiger partial charge in [-0.15, -0.1) is 5.10 Å². The smallest absolute Gasteiger partial charge is 0.246 e. The molecule has 2 aliphatic rings. The van der Waals surface area contributed by atoms with Gasteiger partial charge in [0.25, 0.3) is 0 Å². The molecule has 5 rings (SSSR count). The molecule has 0 radical (unpaired) electrons. The maximum absolute atomic E-state index is 13.2. The van der Waals surface area contributed by atoms with Crippen LogP contribution in [-0.2, 0) is 4.79 Å². The van der Waals surface area contributed by atoms with E-state index in [0.717, 1.165) is 31.4 Å². The first-order valence-corrected chi connectivity index (χ1v) is 12.0. The number of amides is 1. The highest BCUT2D eigenvalue weighted by Gasteiger charge is 2.39. The van der Waals surface area contributed by atoms with Crippen molar-refractivity contribution in [1.82, 2.24) is 34.4 Å². The molecular weight excluding hydrogens is 434 g/mol. The molecule has 182 valence electrons. The highest BCUT2D eigenvalue weighted by Crippen LogP contribution is 2.27. The van der Waals surface area contributed by atoms with Crippen molar-refractivity contribution in [2.75, 3.05) is 36.9 Å². The molecule has 0 aromatic carbocycles. The summed E-state index contributed by atoms with van der Waals surface area (Å²) in [6.45, 7) is 6.38. The predicted molar refractivity (Wildman–Crippen MR) is 129 cm³/mol. The zero-order valence-corrected chi connectivity index (χ0v) is 19.9. The number of fused-ring (bicyclic) bond motifs is 1. The Bertz CT molecular complexity index is 1160. The Morgan fingerprint density at radius 2 is 2.15 bits per heavy atom. The average Bonchev–Trinajstić information content (AvgIpc) is 3.53. The second-order valence-electron chi connectivity index (χ2n) is 9.69. The number of rotatable bonds is 6. The Hall–Kier alpha value is -3.18. The van der Waals surface area contributed by atoms with E-state index in [2.05, 4.69) is 46.5 Å². The van der Waals surface area contributed by atoms with Gasteiger partial charge in [-0.25, -0.2) is 9.50 Å². The molecule has 1 amide bonds. The van der Waals surface area contributed by atoms with E-state index in [9.17, 15) is 9.90 Å². The zero-order valence-electron chi connectivity index (χ0n) is 19.9. The molecule has 2 fully saturated rings. The van der Waals surface area contributed by atoms with Gasteiger partial charge in [0.15, 0.2) is 5.82 Å². The number of carbonyl (C=O) groups excluding carboxylic acids is 1. The van der Waals surface area contributed by atoms with E-state index in [1.54, 1.807) is 10.8 Å². The number of carbonyl (C=O) groups is 1. The molecule has 3 aromatic rings. The van der Waals surface area contributed by atoms with Crippen LogP contribution in [0.2, 0.25) is 0 Å². The summed E-state index contributed by atoms with van der Waals surface area (Å²) in [5, 5.41) is 21.6. The standard InChI is InChI=1S/C23H33N9O2/c1-15(2)30-13-20(24-14-30)26-21-18-7-5-9-32(18)28-23(27-21)31-12-17(33)10-19(31)22(34)25-16-6-4-8-29(3)11-16/h5,7,9,13-17,19,33H,4,6,8,10-12H2,1-3H3,(H,25,34)(H,26,27,28)/t16?,17-,19-/m0/s1. The Balaban J connectivity index is 1.41. The van der Waals surface area contributed by atoms with E-state index < -0.39 is 12.1 Å². The van der Waals surface area contributed by atoms with Gasteiger partial charge in [-0.2, -0.15) is 4.98 Å². The van der Waals surface area contributed by atoms with Crippen LogP contribution in [0.5, 0.6) is 0 Å². The van der Waals surface area contributed by atoms with E-state index in [-0.39, 0.29) is 11.9 Å². The maximum atomic E-state index is 13.2. The first-order chi connectivity index (χ1) is 16.4. The second kappa shape index (κ2) is 9.22. The fraction of sp³-hybridized carbons (Fsp3) is 0.565. The van der Waals surface area contributed by atoms with Crippen molar-refractivity contribution in [2.24, 2.45) is 0 Å². The number of β-amino-alcohol motifs (C(OH)–C–C–N with tert-alkyl or cyclic N) is 1. The summed E-state index contributed by atoms with van der Waals surface area (Å²) in [5.74, 6) is 1.59. The number of nitrogens with zero attached hydrogens (tertiary/aromatic N) is 7. The summed E-state index contributed by atoms with van der Waals surface area (Å²) in [7, 11) is 2.07. The predicted octanol–water partition coefficient (Wildman–Crippen LogP) is 1.40. The quantitative estimate of drug-likeness (QED) is 0.498. The lowest BCUT2D eigenvalue weighted by Crippen LogP contribution is -2.52. The monoisotopic (exact) mass is 467 g/mol. The van der Waals surface area contributed by atoms with Gasteiger partial charge in [0.05, 0.1) is 12.4 Å². The van der Waals surface area contributed by atoms with Gasteiger partial charge in [-0.1, -0.05) is 0 Å². The van der Waals surface area contributed by atoms with Crippen LogP contribution in [0.3, 0.4) is 0 Å². The molecule has 3 atom stereocenters. The first kappa shape index (κ1) is 22.6. The van der Waals surface area contributed by atoms with E-state index in [1.165, 1.54) is 0 Å². The Kier molecular flexibility index (Phi) is 6.13. The molecule has 3 N–H and O–H groups in total. The molecular formula is C23H33N9O2. The highest BCUT2D eigenvalue weighted by atomic mass is 16.3. The summed E-state index contributed by atoms with van der Waals surface area (Å²) in [6, 6.07) is 3.71. The van der Waals surface area contributed by atoms with Crippen molar-refractivity contribution < 1.29 is 9.90 Å². The molecule has 0 bridgehead atoms. The number of anilines is 3. The largest absolute Gasteiger partial charge is 0.391 e. The molecule has 2 saturated heterocycles. The van der Waals surface area contributed by atoms with E-state index >= 15 is 0 Å². The molecule has 1 unspecified atom stereocenters. The van der Waals surface area contributed by atoms with Crippen molar-refractivity contribution in [2.45, 2.75) is 57.3 Å². The van der Waals surface area contributed by atoms with Crippen LogP contribution in [0.1, 0.15) is 39.2 Å². The second-order valence-corrected chi connectivity index (χ2v) is 9.69. The van der Waals surface area contributed by atoms with Gasteiger partial charge in [-0.3, -0.25) is 4.79 Å². The van der Waals surface area contributed by atoms with Crippen molar-refractivity contribution in [1.29, 1.82) is 0 Å². The van der Waals surface area contributed by atoms with Gasteiger partial charge >= 0.3 is 0 Å². The third kappa shape index (κ3) is 4.58. The Morgan fingerprint density at radius 1 is 1.29 bits per heavy atom. The van der Waals surface area contributed by atoms with Crippen LogP contribution >= 0.6 is 0 Å². The number of imidazole rings is 1. The molecule has 0 spiro atoms. The SMILES string of the molecule is CC(C)n1cnc(Nc2nc(N3C[C@@H](O)C[C@H]3C(=O)NC3CCCN(C)C3)nn3cccc23)c1. The minimum absolute atomic E-state index is 0.0850. The number of aliphatic hydroxyl groups is 1. The van der Waals surface area contributed by atoms with Gasteiger partial charge < -0.3 is 30.1 Å². The fourth-order valence-electron chi connectivity index (χ4n) is 4.81. The Morgan fingerprint density at radius 3 is 2.91 bits per heavy atom. The average molecular weight is 468 g/mol. The topological polar surface area (TPSA) is 116 Å². The fourth-order valence-corrected chi connectivity index (χ4v) is 4.81. The summed E-state index contributed by atoms with van der Waals surface area (Å²) in [6.07, 6.45) is 7.32. The zero-order chi connectivity index (χ0) is 23.8. The lowest BCUT2D eigenvalue weighted by atomic mass is 10.1. The van der Waals surface area contributed by atoms with Gasteiger partial charge in [0.1, 0.15) is 17.4 Å². The molecule has 11 heteroatoms. The minimum Gasteiger partial charge on any atom is -0.391 e. The Labute approximate surface area is 198 Å². The number of likely N-dealkylation sites (tertiary alicyclic amines) is 1. The molecule has 11 nitrogen and oxygen atoms in total. The summed E-state index contributed by atoms with van der Waals surface area (Å²) in [4.78, 5) is 26.5. The molecule has 3 aromatic heterocycles. The lowest BCUT2D eigenvalue weighted by Gasteiger charge is -2.32. The lowest BCUT2D eigenvalue weighted by molar-refractivity contribution is -0.123. The maximum Gasteiger partial charge on any atom is 0.246 e. The number of hydrogen-bond donors (Lipinski definition) is 3. The molecule has 0 aliphatic carbocycles. The van der Waals surface area contributed by atoms with Crippen LogP contribution in [0.4, 0.5) is 17.6 Å².